The maximum absolute atomic E-state index is 12.5. The number of piperazine rings is 1. The second kappa shape index (κ2) is 8.31. The van der Waals surface area contributed by atoms with Crippen molar-refractivity contribution in [1.29, 1.82) is 0 Å². The summed E-state index contributed by atoms with van der Waals surface area (Å²) < 4.78 is 0. The lowest BCUT2D eigenvalue weighted by Crippen LogP contribution is -2.48. The van der Waals surface area contributed by atoms with E-state index in [4.69, 9.17) is 0 Å². The Bertz CT molecular complexity index is 753. The molecule has 0 bridgehead atoms. The molecule has 1 aliphatic rings. The molecular weight excluding hydrogens is 348 g/mol. The van der Waals surface area contributed by atoms with Gasteiger partial charge in [-0.2, -0.15) is 0 Å². The third-order valence-corrected chi connectivity index (χ3v) is 5.36. The van der Waals surface area contributed by atoms with E-state index >= 15 is 0 Å². The van der Waals surface area contributed by atoms with E-state index in [1.165, 1.54) is 0 Å². The van der Waals surface area contributed by atoms with Gasteiger partial charge in [-0.25, -0.2) is 4.98 Å². The fourth-order valence-electron chi connectivity index (χ4n) is 3.05. The van der Waals surface area contributed by atoms with E-state index in [0.29, 0.717) is 18.4 Å². The van der Waals surface area contributed by atoms with E-state index in [1.54, 1.807) is 30.3 Å². The minimum absolute atomic E-state index is 0.0171. The summed E-state index contributed by atoms with van der Waals surface area (Å²) >= 11 is 1.63. The number of nitrogens with zero attached hydrogens (tertiary/aromatic N) is 4. The molecule has 1 aromatic heterocycles. The van der Waals surface area contributed by atoms with Crippen molar-refractivity contribution >= 4 is 28.3 Å². The summed E-state index contributed by atoms with van der Waals surface area (Å²) in [6, 6.07) is 7.55. The topological polar surface area (TPSA) is 56.8 Å². The SMILES string of the molecule is CN(C)C(=O)c1cccc(CCC(=O)N2CCN(c3nccs3)CC2)c1. The van der Waals surface area contributed by atoms with Crippen LogP contribution in [0.1, 0.15) is 22.3 Å². The van der Waals surface area contributed by atoms with Crippen LogP contribution in [-0.2, 0) is 11.2 Å². The average molecular weight is 372 g/mol. The maximum Gasteiger partial charge on any atom is 0.253 e. The lowest BCUT2D eigenvalue weighted by Gasteiger charge is -2.34. The molecular formula is C19H24N4O2S. The third kappa shape index (κ3) is 4.40. The number of hydrogen-bond donors (Lipinski definition) is 0. The quantitative estimate of drug-likeness (QED) is 0.807. The first kappa shape index (κ1) is 18.4. The molecule has 1 saturated heterocycles. The van der Waals surface area contributed by atoms with E-state index in [0.717, 1.165) is 36.9 Å². The zero-order valence-electron chi connectivity index (χ0n) is 15.2. The van der Waals surface area contributed by atoms with E-state index < -0.39 is 0 Å². The van der Waals surface area contributed by atoms with Crippen molar-refractivity contribution in [3.63, 3.8) is 0 Å². The van der Waals surface area contributed by atoms with Crippen molar-refractivity contribution in [3.05, 3.63) is 47.0 Å². The highest BCUT2D eigenvalue weighted by atomic mass is 32.1. The Kier molecular flexibility index (Phi) is 5.88. The summed E-state index contributed by atoms with van der Waals surface area (Å²) in [5.41, 5.74) is 1.68. The summed E-state index contributed by atoms with van der Waals surface area (Å²) in [5, 5.41) is 3.00. The van der Waals surface area contributed by atoms with Gasteiger partial charge in [0.1, 0.15) is 0 Å². The lowest BCUT2D eigenvalue weighted by molar-refractivity contribution is -0.131. The monoisotopic (exact) mass is 372 g/mol. The maximum atomic E-state index is 12.5. The molecule has 0 N–H and O–H groups in total. The fraction of sp³-hybridized carbons (Fsp3) is 0.421. The van der Waals surface area contributed by atoms with Gasteiger partial charge in [-0.05, 0) is 24.1 Å². The van der Waals surface area contributed by atoms with Crippen LogP contribution in [0.4, 0.5) is 5.13 Å². The minimum Gasteiger partial charge on any atom is -0.345 e. The number of thiazole rings is 1. The highest BCUT2D eigenvalue weighted by molar-refractivity contribution is 7.13. The zero-order chi connectivity index (χ0) is 18.5. The van der Waals surface area contributed by atoms with Crippen LogP contribution in [-0.4, -0.2) is 66.9 Å². The molecule has 2 heterocycles. The van der Waals surface area contributed by atoms with Gasteiger partial charge in [0.15, 0.2) is 5.13 Å². The summed E-state index contributed by atoms with van der Waals surface area (Å²) in [6.07, 6.45) is 2.93. The van der Waals surface area contributed by atoms with Crippen molar-refractivity contribution < 1.29 is 9.59 Å². The molecule has 3 rings (SSSR count). The molecule has 0 atom stereocenters. The zero-order valence-corrected chi connectivity index (χ0v) is 16.0. The second-order valence-electron chi connectivity index (χ2n) is 6.58. The van der Waals surface area contributed by atoms with Gasteiger partial charge in [0, 0.05) is 63.8 Å². The van der Waals surface area contributed by atoms with E-state index in [1.807, 2.05) is 40.7 Å². The Labute approximate surface area is 158 Å². The van der Waals surface area contributed by atoms with Crippen LogP contribution in [0.25, 0.3) is 0 Å². The summed E-state index contributed by atoms with van der Waals surface area (Å²) in [7, 11) is 3.48. The molecule has 0 radical (unpaired) electrons. The molecule has 1 fully saturated rings. The number of rotatable bonds is 5. The Morgan fingerprint density at radius 3 is 2.62 bits per heavy atom. The van der Waals surface area contributed by atoms with Gasteiger partial charge in [0.05, 0.1) is 0 Å². The van der Waals surface area contributed by atoms with Gasteiger partial charge >= 0.3 is 0 Å². The molecule has 0 spiro atoms. The lowest BCUT2D eigenvalue weighted by atomic mass is 10.1. The molecule has 1 aliphatic heterocycles. The summed E-state index contributed by atoms with van der Waals surface area (Å²) in [4.78, 5) is 34.6. The molecule has 7 heteroatoms. The number of aromatic nitrogens is 1. The standard InChI is InChI=1S/C19H24N4O2S/c1-21(2)18(25)16-5-3-4-15(14-16)6-7-17(24)22-9-11-23(12-10-22)19-20-8-13-26-19/h3-5,8,13-14H,6-7,9-12H2,1-2H3. The molecule has 1 aromatic carbocycles. The number of carbonyl (C=O) groups is 2. The Morgan fingerprint density at radius 1 is 1.19 bits per heavy atom. The largest absolute Gasteiger partial charge is 0.345 e. The first-order valence-corrected chi connectivity index (χ1v) is 9.65. The van der Waals surface area contributed by atoms with Crippen LogP contribution < -0.4 is 4.90 Å². The van der Waals surface area contributed by atoms with Gasteiger partial charge in [-0.15, -0.1) is 11.3 Å². The predicted molar refractivity (Wildman–Crippen MR) is 104 cm³/mol. The van der Waals surface area contributed by atoms with Crippen LogP contribution in [0, 0.1) is 0 Å². The van der Waals surface area contributed by atoms with E-state index in [2.05, 4.69) is 9.88 Å². The predicted octanol–water partition coefficient (Wildman–Crippen LogP) is 2.13. The fourth-order valence-corrected chi connectivity index (χ4v) is 3.74. The van der Waals surface area contributed by atoms with Crippen molar-refractivity contribution in [3.8, 4) is 0 Å². The number of hydrogen-bond acceptors (Lipinski definition) is 5. The highest BCUT2D eigenvalue weighted by Gasteiger charge is 2.22. The number of aryl methyl sites for hydroxylation is 1. The third-order valence-electron chi connectivity index (χ3n) is 4.53. The number of benzene rings is 1. The molecule has 138 valence electrons. The average Bonchev–Trinajstić information content (AvgIpc) is 3.20. The summed E-state index contributed by atoms with van der Waals surface area (Å²) in [6.45, 7) is 3.12. The van der Waals surface area contributed by atoms with Gasteiger partial charge in [-0.1, -0.05) is 12.1 Å². The molecule has 0 unspecified atom stereocenters. The van der Waals surface area contributed by atoms with Crippen LogP contribution >= 0.6 is 11.3 Å². The Balaban J connectivity index is 1.50. The van der Waals surface area contributed by atoms with Gasteiger partial charge in [0.2, 0.25) is 5.91 Å². The van der Waals surface area contributed by atoms with E-state index in [-0.39, 0.29) is 11.8 Å². The normalized spacial score (nSPS) is 14.4. The van der Waals surface area contributed by atoms with Gasteiger partial charge in [-0.3, -0.25) is 9.59 Å². The number of amides is 2. The van der Waals surface area contributed by atoms with Crippen LogP contribution in [0.15, 0.2) is 35.8 Å². The van der Waals surface area contributed by atoms with Gasteiger partial charge in [0.25, 0.3) is 5.91 Å². The molecule has 26 heavy (non-hydrogen) atoms. The smallest absolute Gasteiger partial charge is 0.253 e. The molecule has 0 aliphatic carbocycles. The first-order chi connectivity index (χ1) is 12.5. The van der Waals surface area contributed by atoms with Crippen molar-refractivity contribution in [2.75, 3.05) is 45.2 Å². The minimum atomic E-state index is -0.0171. The molecule has 0 saturated carbocycles. The molecule has 6 nitrogen and oxygen atoms in total. The van der Waals surface area contributed by atoms with Crippen molar-refractivity contribution in [2.24, 2.45) is 0 Å². The Hall–Kier alpha value is -2.41. The van der Waals surface area contributed by atoms with Crippen LogP contribution in [0.5, 0.6) is 0 Å². The van der Waals surface area contributed by atoms with Crippen molar-refractivity contribution in [1.82, 2.24) is 14.8 Å². The van der Waals surface area contributed by atoms with Gasteiger partial charge < -0.3 is 14.7 Å². The number of carbonyl (C=O) groups excluding carboxylic acids is 2. The van der Waals surface area contributed by atoms with Crippen molar-refractivity contribution in [2.45, 2.75) is 12.8 Å². The summed E-state index contributed by atoms with van der Waals surface area (Å²) in [5.74, 6) is 0.157. The first-order valence-electron chi connectivity index (χ1n) is 8.77. The molecule has 2 aromatic rings. The second-order valence-corrected chi connectivity index (χ2v) is 7.46. The van der Waals surface area contributed by atoms with E-state index in [9.17, 15) is 9.59 Å². The highest BCUT2D eigenvalue weighted by Crippen LogP contribution is 2.19. The van der Waals surface area contributed by atoms with Crippen LogP contribution in [0.2, 0.25) is 0 Å². The number of anilines is 1. The van der Waals surface area contributed by atoms with Crippen LogP contribution in [0.3, 0.4) is 0 Å². The Morgan fingerprint density at radius 2 is 1.96 bits per heavy atom. The molecule has 2 amide bonds.